The van der Waals surface area contributed by atoms with Crippen molar-refractivity contribution >= 4 is 70.1 Å². The van der Waals surface area contributed by atoms with E-state index >= 15 is 0 Å². The van der Waals surface area contributed by atoms with Crippen molar-refractivity contribution in [2.24, 2.45) is 9.98 Å². The van der Waals surface area contributed by atoms with Crippen LogP contribution >= 0.6 is 23.5 Å². The van der Waals surface area contributed by atoms with Crippen LogP contribution in [0.25, 0.3) is 0 Å². The molecule has 0 amide bonds. The highest BCUT2D eigenvalue weighted by atomic mass is 32.2. The van der Waals surface area contributed by atoms with Gasteiger partial charge >= 0.3 is 0 Å². The molecule has 6 aromatic rings. The van der Waals surface area contributed by atoms with Gasteiger partial charge in [-0.1, -0.05) is 85.6 Å². The molecule has 56 heavy (non-hydrogen) atoms. The van der Waals surface area contributed by atoms with Crippen molar-refractivity contribution in [2.45, 2.75) is 58.1 Å². The number of rotatable bonds is 15. The summed E-state index contributed by atoms with van der Waals surface area (Å²) < 4.78 is 12.0. The molecule has 6 nitrogen and oxygen atoms in total. The first kappa shape index (κ1) is 37.5. The zero-order chi connectivity index (χ0) is 38.1. The molecule has 0 atom stereocenters. The molecule has 2 heterocycles. The summed E-state index contributed by atoms with van der Waals surface area (Å²) in [7, 11) is 4.25. The Bertz CT molecular complexity index is 2160. The van der Waals surface area contributed by atoms with Crippen LogP contribution in [0.2, 0.25) is 0 Å². The van der Waals surface area contributed by atoms with Gasteiger partial charge in [0.1, 0.15) is 11.5 Å². The van der Waals surface area contributed by atoms with Gasteiger partial charge in [0.05, 0.1) is 47.3 Å². The van der Waals surface area contributed by atoms with Crippen molar-refractivity contribution in [1.29, 1.82) is 0 Å². The Morgan fingerprint density at radius 2 is 0.839 bits per heavy atom. The largest absolute Gasteiger partial charge is 0.494 e. The Balaban J connectivity index is 0.685. The summed E-state index contributed by atoms with van der Waals surface area (Å²) in [6, 6.07) is 46.2. The van der Waals surface area contributed by atoms with Crippen LogP contribution < -0.4 is 19.3 Å². The van der Waals surface area contributed by atoms with E-state index in [0.717, 1.165) is 60.1 Å². The van der Waals surface area contributed by atoms with Crippen molar-refractivity contribution < 1.29 is 9.47 Å². The number of nitrogens with zero attached hydrogens (tertiary/aromatic N) is 4. The minimum atomic E-state index is 0.731. The first-order valence-electron chi connectivity index (χ1n) is 19.4. The van der Waals surface area contributed by atoms with Crippen LogP contribution in [0.15, 0.2) is 163 Å². The average Bonchev–Trinajstić information content (AvgIpc) is 3.24. The van der Waals surface area contributed by atoms with Crippen LogP contribution in [0.5, 0.6) is 11.5 Å². The van der Waals surface area contributed by atoms with Gasteiger partial charge in [0.15, 0.2) is 0 Å². The predicted molar refractivity (Wildman–Crippen MR) is 236 cm³/mol. The van der Waals surface area contributed by atoms with Gasteiger partial charge in [-0.2, -0.15) is 0 Å². The fourth-order valence-electron chi connectivity index (χ4n) is 6.91. The lowest BCUT2D eigenvalue weighted by Crippen LogP contribution is -2.14. The zero-order valence-corrected chi connectivity index (χ0v) is 33.6. The van der Waals surface area contributed by atoms with Gasteiger partial charge in [0.2, 0.25) is 0 Å². The summed E-state index contributed by atoms with van der Waals surface area (Å²) in [6.07, 6.45) is 10.7. The highest BCUT2D eigenvalue weighted by Crippen LogP contribution is 2.48. The van der Waals surface area contributed by atoms with Crippen LogP contribution in [0.1, 0.15) is 49.7 Å². The summed E-state index contributed by atoms with van der Waals surface area (Å²) in [5.41, 5.74) is 8.87. The monoisotopic (exact) mass is 774 g/mol. The summed E-state index contributed by atoms with van der Waals surface area (Å²) in [4.78, 5) is 19.0. The molecule has 0 saturated carbocycles. The van der Waals surface area contributed by atoms with Crippen LogP contribution in [0.4, 0.5) is 34.1 Å². The average molecular weight is 775 g/mol. The van der Waals surface area contributed by atoms with Gasteiger partial charge in [0.25, 0.3) is 0 Å². The molecule has 282 valence electrons. The lowest BCUT2D eigenvalue weighted by Gasteiger charge is -2.29. The van der Waals surface area contributed by atoms with Crippen LogP contribution in [0, 0.1) is 0 Å². The van der Waals surface area contributed by atoms with Gasteiger partial charge in [-0.3, -0.25) is 9.98 Å². The Hall–Kier alpha value is -5.44. The van der Waals surface area contributed by atoms with Gasteiger partial charge in [-0.15, -0.1) is 0 Å². The van der Waals surface area contributed by atoms with E-state index < -0.39 is 0 Å². The molecule has 8 heteroatoms. The maximum atomic E-state index is 6.01. The number of aliphatic imine (C=N–C) groups is 2. The summed E-state index contributed by atoms with van der Waals surface area (Å²) in [5, 5.41) is 0. The number of hydrogen-bond donors (Lipinski definition) is 0. The fourth-order valence-corrected chi connectivity index (χ4v) is 9.17. The molecule has 0 bridgehead atoms. The van der Waals surface area contributed by atoms with E-state index in [1.165, 1.54) is 68.0 Å². The third-order valence-corrected chi connectivity index (χ3v) is 12.3. The molecule has 0 aliphatic carbocycles. The van der Waals surface area contributed by atoms with E-state index in [4.69, 9.17) is 19.5 Å². The number of fused-ring (bicyclic) bond motifs is 4. The number of benzene rings is 6. The Morgan fingerprint density at radius 3 is 1.29 bits per heavy atom. The predicted octanol–water partition coefficient (Wildman–Crippen LogP) is 13.5. The summed E-state index contributed by atoms with van der Waals surface area (Å²) in [6.45, 7) is 1.46. The molecule has 6 aromatic carbocycles. The normalized spacial score (nSPS) is 13.0. The van der Waals surface area contributed by atoms with Crippen molar-refractivity contribution in [3.8, 4) is 11.5 Å². The minimum absolute atomic E-state index is 0.731. The van der Waals surface area contributed by atoms with E-state index in [-0.39, 0.29) is 0 Å². The number of unbranched alkanes of at least 4 members (excludes halogenated alkanes) is 5. The maximum Gasteiger partial charge on any atom is 0.119 e. The highest BCUT2D eigenvalue weighted by molar-refractivity contribution is 8.00. The quantitative estimate of drug-likeness (QED) is 0.0765. The molecule has 2 aliphatic rings. The molecular formula is C48H46N4O2S2. The van der Waals surface area contributed by atoms with Gasteiger partial charge in [0, 0.05) is 46.1 Å². The lowest BCUT2D eigenvalue weighted by molar-refractivity contribution is 0.297. The molecule has 8 rings (SSSR count). The standard InChI is InChI=1S/C48H46N4O2S2/c1-51-41-13-7-9-15-45(41)55-47-27-17-35(31-43(47)51)33-49-37-19-23-39(24-20-37)53-29-11-5-3-4-6-12-30-54-40-25-21-38(22-26-40)50-34-36-18-28-48-44(32-36)52(2)42-14-8-10-16-46(42)56-48/h7-10,13-28,31-34H,3-6,11-12,29-30H2,1-2H3. The maximum absolute atomic E-state index is 6.01. The Kier molecular flexibility index (Phi) is 12.1. The van der Waals surface area contributed by atoms with E-state index in [2.05, 4.69) is 109 Å². The number of anilines is 4. The molecule has 0 fully saturated rings. The minimum Gasteiger partial charge on any atom is -0.494 e. The van der Waals surface area contributed by atoms with E-state index in [0.29, 0.717) is 0 Å². The Labute approximate surface area is 339 Å². The van der Waals surface area contributed by atoms with Gasteiger partial charge < -0.3 is 19.3 Å². The summed E-state index contributed by atoms with van der Waals surface area (Å²) >= 11 is 3.64. The first-order valence-corrected chi connectivity index (χ1v) is 21.0. The summed E-state index contributed by atoms with van der Waals surface area (Å²) in [5.74, 6) is 1.78. The molecule has 0 saturated heterocycles. The molecule has 0 N–H and O–H groups in total. The molecule has 0 radical (unpaired) electrons. The molecule has 0 unspecified atom stereocenters. The van der Waals surface area contributed by atoms with Crippen LogP contribution in [-0.2, 0) is 0 Å². The van der Waals surface area contributed by atoms with E-state index in [1.807, 2.05) is 84.5 Å². The second-order valence-electron chi connectivity index (χ2n) is 14.0. The molecule has 0 spiro atoms. The van der Waals surface area contributed by atoms with Gasteiger partial charge in [-0.25, -0.2) is 0 Å². The third-order valence-electron chi connectivity index (χ3n) is 10.1. The van der Waals surface area contributed by atoms with Crippen molar-refractivity contribution in [3.63, 3.8) is 0 Å². The number of ether oxygens (including phenoxy) is 2. The first-order chi connectivity index (χ1) is 27.6. The van der Waals surface area contributed by atoms with Crippen LogP contribution in [0.3, 0.4) is 0 Å². The lowest BCUT2D eigenvalue weighted by atomic mass is 10.1. The molecular weight excluding hydrogens is 729 g/mol. The van der Waals surface area contributed by atoms with E-state index in [9.17, 15) is 0 Å². The van der Waals surface area contributed by atoms with Gasteiger partial charge in [-0.05, 0) is 121 Å². The third kappa shape index (κ3) is 9.15. The van der Waals surface area contributed by atoms with Crippen LogP contribution in [-0.4, -0.2) is 39.7 Å². The second kappa shape index (κ2) is 18.0. The van der Waals surface area contributed by atoms with Crippen molar-refractivity contribution in [1.82, 2.24) is 0 Å². The van der Waals surface area contributed by atoms with Crippen molar-refractivity contribution in [3.05, 3.63) is 145 Å². The van der Waals surface area contributed by atoms with E-state index in [1.54, 1.807) is 0 Å². The fraction of sp³-hybridized carbons (Fsp3) is 0.208. The molecule has 2 aliphatic heterocycles. The zero-order valence-electron chi connectivity index (χ0n) is 31.9. The smallest absolute Gasteiger partial charge is 0.119 e. The second-order valence-corrected chi connectivity index (χ2v) is 16.2. The topological polar surface area (TPSA) is 49.7 Å². The number of para-hydroxylation sites is 2. The Morgan fingerprint density at radius 1 is 0.446 bits per heavy atom. The highest BCUT2D eigenvalue weighted by Gasteiger charge is 2.21. The van der Waals surface area contributed by atoms with Crippen molar-refractivity contribution in [2.75, 3.05) is 37.1 Å². The molecule has 0 aromatic heterocycles. The number of hydrogen-bond acceptors (Lipinski definition) is 8. The SMILES string of the molecule is CN1c2ccccc2Sc2ccc(C=Nc3ccc(OCCCCCCCCOc4ccc(N=Cc5ccc6c(c5)N(C)c5ccccc5S6)cc4)cc3)cc21.